The highest BCUT2D eigenvalue weighted by Crippen LogP contribution is 2.26. The van der Waals surface area contributed by atoms with Gasteiger partial charge in [-0.15, -0.1) is 0 Å². The molecule has 0 spiro atoms. The molecule has 2 unspecified atom stereocenters. The molecular weight excluding hydrogens is 350 g/mol. The summed E-state index contributed by atoms with van der Waals surface area (Å²) in [6.45, 7) is 2.56. The van der Waals surface area contributed by atoms with Gasteiger partial charge in [0.15, 0.2) is 0 Å². The Morgan fingerprint density at radius 3 is 2.39 bits per heavy atom. The molecule has 0 fully saturated rings. The van der Waals surface area contributed by atoms with E-state index >= 15 is 0 Å². The summed E-state index contributed by atoms with van der Waals surface area (Å²) in [5.41, 5.74) is 2.10. The molecule has 0 saturated heterocycles. The molecule has 0 aliphatic rings. The smallest absolute Gasteiger partial charge is 0.317 e. The van der Waals surface area contributed by atoms with Gasteiger partial charge in [-0.1, -0.05) is 48.5 Å². The van der Waals surface area contributed by atoms with Gasteiger partial charge in [0.05, 0.1) is 6.04 Å². The lowest BCUT2D eigenvalue weighted by Gasteiger charge is -2.28. The van der Waals surface area contributed by atoms with Gasteiger partial charge in [-0.25, -0.2) is 4.79 Å². The van der Waals surface area contributed by atoms with E-state index in [0.29, 0.717) is 6.54 Å². The number of hydrogen-bond acceptors (Lipinski definition) is 3. The predicted molar refractivity (Wildman–Crippen MR) is 113 cm³/mol. The minimum atomic E-state index is -0.153. The van der Waals surface area contributed by atoms with Crippen LogP contribution in [0.25, 0.3) is 11.0 Å². The standard InChI is InChI=1S/C23H29N3O2/c1-17(22-15-19-12-8-9-13-21(19)28-22)26(4)23(27)24-16-20(25(2)3)14-18-10-6-5-7-11-18/h5-13,15,17,20H,14,16H2,1-4H3,(H,24,27). The molecule has 0 bridgehead atoms. The fourth-order valence-electron chi connectivity index (χ4n) is 3.23. The first kappa shape index (κ1) is 20.0. The molecule has 2 atom stereocenters. The first-order chi connectivity index (χ1) is 13.5. The van der Waals surface area contributed by atoms with E-state index in [1.807, 2.05) is 69.6 Å². The number of fused-ring (bicyclic) bond motifs is 1. The van der Waals surface area contributed by atoms with E-state index in [1.165, 1.54) is 5.56 Å². The highest BCUT2D eigenvalue weighted by Gasteiger charge is 2.22. The molecule has 148 valence electrons. The Kier molecular flexibility index (Phi) is 6.37. The number of likely N-dealkylation sites (N-methyl/N-ethyl adjacent to an activating group) is 1. The highest BCUT2D eigenvalue weighted by atomic mass is 16.3. The van der Waals surface area contributed by atoms with Crippen LogP contribution in [-0.4, -0.2) is 49.6 Å². The van der Waals surface area contributed by atoms with Crippen LogP contribution in [0.15, 0.2) is 65.1 Å². The summed E-state index contributed by atoms with van der Waals surface area (Å²) in [6, 6.07) is 20.2. The van der Waals surface area contributed by atoms with Crippen molar-refractivity contribution in [3.63, 3.8) is 0 Å². The van der Waals surface area contributed by atoms with E-state index in [4.69, 9.17) is 4.42 Å². The number of rotatable bonds is 7. The van der Waals surface area contributed by atoms with Gasteiger partial charge in [-0.2, -0.15) is 0 Å². The maximum absolute atomic E-state index is 12.7. The molecule has 5 nitrogen and oxygen atoms in total. The number of urea groups is 1. The van der Waals surface area contributed by atoms with Crippen LogP contribution in [0.2, 0.25) is 0 Å². The second-order valence-corrected chi connectivity index (χ2v) is 7.47. The zero-order valence-corrected chi connectivity index (χ0v) is 17.1. The van der Waals surface area contributed by atoms with Crippen molar-refractivity contribution in [3.05, 3.63) is 72.0 Å². The van der Waals surface area contributed by atoms with Gasteiger partial charge in [-0.3, -0.25) is 0 Å². The molecule has 0 saturated carbocycles. The van der Waals surface area contributed by atoms with E-state index in [-0.39, 0.29) is 18.1 Å². The number of hydrogen-bond donors (Lipinski definition) is 1. The molecule has 2 amide bonds. The normalized spacial score (nSPS) is 13.5. The van der Waals surface area contributed by atoms with Crippen molar-refractivity contribution in [2.24, 2.45) is 0 Å². The van der Waals surface area contributed by atoms with Gasteiger partial charge < -0.3 is 19.5 Å². The SMILES string of the molecule is CC(c1cc2ccccc2o1)N(C)C(=O)NCC(Cc1ccccc1)N(C)C. The van der Waals surface area contributed by atoms with Crippen molar-refractivity contribution in [1.29, 1.82) is 0 Å². The van der Waals surface area contributed by atoms with Crippen LogP contribution in [0.5, 0.6) is 0 Å². The van der Waals surface area contributed by atoms with E-state index < -0.39 is 0 Å². The van der Waals surface area contributed by atoms with Gasteiger partial charge in [-0.05, 0) is 45.1 Å². The van der Waals surface area contributed by atoms with Gasteiger partial charge >= 0.3 is 6.03 Å². The second-order valence-electron chi connectivity index (χ2n) is 7.47. The number of carbonyl (C=O) groups is 1. The maximum atomic E-state index is 12.7. The molecule has 1 aromatic heterocycles. The average Bonchev–Trinajstić information content (AvgIpc) is 3.14. The lowest BCUT2D eigenvalue weighted by atomic mass is 10.1. The van der Waals surface area contributed by atoms with Crippen molar-refractivity contribution < 1.29 is 9.21 Å². The summed E-state index contributed by atoms with van der Waals surface area (Å²) >= 11 is 0. The van der Waals surface area contributed by atoms with E-state index in [0.717, 1.165) is 23.2 Å². The number of nitrogens with zero attached hydrogens (tertiary/aromatic N) is 2. The van der Waals surface area contributed by atoms with Gasteiger partial charge in [0.1, 0.15) is 11.3 Å². The maximum Gasteiger partial charge on any atom is 0.317 e. The third kappa shape index (κ3) is 4.73. The van der Waals surface area contributed by atoms with Crippen LogP contribution in [0.3, 0.4) is 0 Å². The average molecular weight is 380 g/mol. The molecule has 3 aromatic rings. The summed E-state index contributed by atoms with van der Waals surface area (Å²) < 4.78 is 5.91. The summed E-state index contributed by atoms with van der Waals surface area (Å²) in [5.74, 6) is 0.785. The third-order valence-corrected chi connectivity index (χ3v) is 5.29. The van der Waals surface area contributed by atoms with E-state index in [2.05, 4.69) is 22.3 Å². The van der Waals surface area contributed by atoms with Crippen LogP contribution in [0.1, 0.15) is 24.3 Å². The van der Waals surface area contributed by atoms with Gasteiger partial charge in [0.2, 0.25) is 0 Å². The van der Waals surface area contributed by atoms with Crippen molar-refractivity contribution in [2.45, 2.75) is 25.4 Å². The summed E-state index contributed by atoms with van der Waals surface area (Å²) in [7, 11) is 5.88. The molecule has 1 heterocycles. The lowest BCUT2D eigenvalue weighted by molar-refractivity contribution is 0.183. The molecule has 0 radical (unpaired) electrons. The molecule has 0 aliphatic heterocycles. The molecule has 28 heavy (non-hydrogen) atoms. The zero-order valence-electron chi connectivity index (χ0n) is 17.1. The zero-order chi connectivity index (χ0) is 20.1. The minimum Gasteiger partial charge on any atom is -0.459 e. The van der Waals surface area contributed by atoms with Crippen LogP contribution in [0, 0.1) is 0 Å². The number of benzene rings is 2. The number of furan rings is 1. The molecule has 2 aromatic carbocycles. The molecule has 5 heteroatoms. The van der Waals surface area contributed by atoms with E-state index in [1.54, 1.807) is 11.9 Å². The Balaban J connectivity index is 1.60. The van der Waals surface area contributed by atoms with Crippen molar-refractivity contribution >= 4 is 17.0 Å². The number of amides is 2. The minimum absolute atomic E-state index is 0.104. The van der Waals surface area contributed by atoms with Crippen LogP contribution < -0.4 is 5.32 Å². The fraction of sp³-hybridized carbons (Fsp3) is 0.348. The quantitative estimate of drug-likeness (QED) is 0.665. The number of carbonyl (C=O) groups excluding carboxylic acids is 1. The molecule has 1 N–H and O–H groups in total. The number of nitrogens with one attached hydrogen (secondary N) is 1. The van der Waals surface area contributed by atoms with E-state index in [9.17, 15) is 4.79 Å². The first-order valence-corrected chi connectivity index (χ1v) is 9.65. The molecular formula is C23H29N3O2. The summed E-state index contributed by atoms with van der Waals surface area (Å²) in [5, 5.41) is 4.12. The van der Waals surface area contributed by atoms with Crippen LogP contribution in [0.4, 0.5) is 4.79 Å². The Labute approximate surface area is 166 Å². The van der Waals surface area contributed by atoms with Crippen LogP contribution >= 0.6 is 0 Å². The second kappa shape index (κ2) is 8.93. The van der Waals surface area contributed by atoms with Crippen molar-refractivity contribution in [2.75, 3.05) is 27.7 Å². The fourth-order valence-corrected chi connectivity index (χ4v) is 3.23. The Morgan fingerprint density at radius 2 is 1.71 bits per heavy atom. The van der Waals surface area contributed by atoms with Crippen molar-refractivity contribution in [3.8, 4) is 0 Å². The first-order valence-electron chi connectivity index (χ1n) is 9.65. The summed E-state index contributed by atoms with van der Waals surface area (Å²) in [6.07, 6.45) is 0.886. The summed E-state index contributed by atoms with van der Waals surface area (Å²) in [4.78, 5) is 16.5. The predicted octanol–water partition coefficient (Wildman–Crippen LogP) is 4.31. The highest BCUT2D eigenvalue weighted by molar-refractivity contribution is 5.78. The Hall–Kier alpha value is -2.79. The van der Waals surface area contributed by atoms with Crippen LogP contribution in [-0.2, 0) is 6.42 Å². The largest absolute Gasteiger partial charge is 0.459 e. The topological polar surface area (TPSA) is 48.7 Å². The van der Waals surface area contributed by atoms with Gasteiger partial charge in [0.25, 0.3) is 0 Å². The monoisotopic (exact) mass is 379 g/mol. The van der Waals surface area contributed by atoms with Gasteiger partial charge in [0, 0.05) is 25.0 Å². The number of para-hydroxylation sites is 1. The molecule has 3 rings (SSSR count). The molecule has 0 aliphatic carbocycles. The Morgan fingerprint density at radius 1 is 1.04 bits per heavy atom. The third-order valence-electron chi connectivity index (χ3n) is 5.29. The lowest BCUT2D eigenvalue weighted by Crippen LogP contribution is -2.46. The Bertz CT molecular complexity index is 871. The van der Waals surface area contributed by atoms with Crippen molar-refractivity contribution in [1.82, 2.24) is 15.1 Å².